The van der Waals surface area contributed by atoms with E-state index in [1.54, 1.807) is 6.07 Å². The third-order valence-corrected chi connectivity index (χ3v) is 4.02. The van der Waals surface area contributed by atoms with E-state index in [-0.39, 0.29) is 5.75 Å². The summed E-state index contributed by atoms with van der Waals surface area (Å²) < 4.78 is 6.21. The Kier molecular flexibility index (Phi) is 5.15. The number of hydrogen-bond donors (Lipinski definition) is 2. The summed E-state index contributed by atoms with van der Waals surface area (Å²) in [6.45, 7) is 2.89. The molecule has 106 valence electrons. The van der Waals surface area contributed by atoms with E-state index in [0.717, 1.165) is 15.7 Å². The van der Waals surface area contributed by atoms with E-state index in [1.165, 1.54) is 0 Å². The fourth-order valence-electron chi connectivity index (χ4n) is 1.79. The van der Waals surface area contributed by atoms with Crippen molar-refractivity contribution in [2.75, 3.05) is 11.9 Å². The number of ether oxygens (including phenoxy) is 1. The Morgan fingerprint density at radius 3 is 2.80 bits per heavy atom. The first-order valence-corrected chi connectivity index (χ1v) is 7.41. The summed E-state index contributed by atoms with van der Waals surface area (Å²) in [6.07, 6.45) is 0. The standard InChI is InChI=1S/C15H15BrClNO2/c1-2-20-14-5-3-4-10(15(14)19)9-18-11-6-7-12(16)13(17)8-11/h3-8,18-19H,2,9H2,1H3. The van der Waals surface area contributed by atoms with Gasteiger partial charge in [-0.1, -0.05) is 23.7 Å². The minimum atomic E-state index is 0.171. The molecule has 2 N–H and O–H groups in total. The molecule has 2 rings (SSSR count). The molecule has 0 saturated heterocycles. The summed E-state index contributed by atoms with van der Waals surface area (Å²) in [6, 6.07) is 11.1. The summed E-state index contributed by atoms with van der Waals surface area (Å²) in [5, 5.41) is 14.0. The van der Waals surface area contributed by atoms with Crippen molar-refractivity contribution in [2.24, 2.45) is 0 Å². The summed E-state index contributed by atoms with van der Waals surface area (Å²) in [4.78, 5) is 0. The molecule has 20 heavy (non-hydrogen) atoms. The van der Waals surface area contributed by atoms with E-state index in [2.05, 4.69) is 21.2 Å². The number of phenolic OH excluding ortho intramolecular Hbond substituents is 1. The SMILES string of the molecule is CCOc1cccc(CNc2ccc(Br)c(Cl)c2)c1O. The largest absolute Gasteiger partial charge is 0.504 e. The highest BCUT2D eigenvalue weighted by Crippen LogP contribution is 2.31. The van der Waals surface area contributed by atoms with Crippen molar-refractivity contribution in [3.05, 3.63) is 51.5 Å². The Hall–Kier alpha value is -1.39. The maximum absolute atomic E-state index is 10.1. The lowest BCUT2D eigenvalue weighted by Gasteiger charge is -2.12. The van der Waals surface area contributed by atoms with Gasteiger partial charge in [-0.25, -0.2) is 0 Å². The van der Waals surface area contributed by atoms with Crippen LogP contribution in [0.2, 0.25) is 5.02 Å². The molecule has 0 unspecified atom stereocenters. The molecule has 0 fully saturated rings. The van der Waals surface area contributed by atoms with Gasteiger partial charge >= 0.3 is 0 Å². The topological polar surface area (TPSA) is 41.5 Å². The van der Waals surface area contributed by atoms with Gasteiger partial charge in [-0.05, 0) is 47.1 Å². The minimum absolute atomic E-state index is 0.171. The van der Waals surface area contributed by atoms with Gasteiger partial charge in [0.15, 0.2) is 11.5 Å². The number of aromatic hydroxyl groups is 1. The Bertz CT molecular complexity index is 604. The van der Waals surface area contributed by atoms with Crippen molar-refractivity contribution >= 4 is 33.2 Å². The number of nitrogens with one attached hydrogen (secondary N) is 1. The van der Waals surface area contributed by atoms with Crippen LogP contribution >= 0.6 is 27.5 Å². The summed E-state index contributed by atoms with van der Waals surface area (Å²) >= 11 is 9.38. The number of hydrogen-bond acceptors (Lipinski definition) is 3. The molecule has 0 spiro atoms. The first kappa shape index (κ1) is 15.0. The second kappa shape index (κ2) is 6.86. The third-order valence-electron chi connectivity index (χ3n) is 2.78. The molecule has 0 aliphatic carbocycles. The molecule has 0 bridgehead atoms. The second-order valence-corrected chi connectivity index (χ2v) is 5.44. The molecule has 5 heteroatoms. The molecule has 0 aliphatic heterocycles. The number of anilines is 1. The van der Waals surface area contributed by atoms with E-state index in [1.807, 2.05) is 37.3 Å². The Labute approximate surface area is 131 Å². The maximum atomic E-state index is 10.1. The van der Waals surface area contributed by atoms with Gasteiger partial charge in [-0.3, -0.25) is 0 Å². The minimum Gasteiger partial charge on any atom is -0.504 e. The molecule has 2 aromatic carbocycles. The molecule has 0 atom stereocenters. The fourth-order valence-corrected chi connectivity index (χ4v) is 2.21. The second-order valence-electron chi connectivity index (χ2n) is 4.18. The smallest absolute Gasteiger partial charge is 0.162 e. The van der Waals surface area contributed by atoms with E-state index in [9.17, 15) is 5.11 Å². The van der Waals surface area contributed by atoms with E-state index in [4.69, 9.17) is 16.3 Å². The van der Waals surface area contributed by atoms with E-state index >= 15 is 0 Å². The summed E-state index contributed by atoms with van der Waals surface area (Å²) in [5.41, 5.74) is 1.66. The van der Waals surface area contributed by atoms with Gasteiger partial charge in [0.2, 0.25) is 0 Å². The number of benzene rings is 2. The highest BCUT2D eigenvalue weighted by molar-refractivity contribution is 9.10. The van der Waals surface area contributed by atoms with Crippen LogP contribution in [0.1, 0.15) is 12.5 Å². The Balaban J connectivity index is 2.10. The molecule has 0 aliphatic rings. The monoisotopic (exact) mass is 355 g/mol. The van der Waals surface area contributed by atoms with Crippen molar-refractivity contribution in [1.29, 1.82) is 0 Å². The molecule has 0 saturated carbocycles. The molecule has 0 aromatic heterocycles. The van der Waals surface area contributed by atoms with Crippen LogP contribution in [0.15, 0.2) is 40.9 Å². The summed E-state index contributed by atoms with van der Waals surface area (Å²) in [7, 11) is 0. The average Bonchev–Trinajstić information content (AvgIpc) is 2.44. The normalized spacial score (nSPS) is 10.3. The van der Waals surface area contributed by atoms with Crippen LogP contribution in [0.4, 0.5) is 5.69 Å². The van der Waals surface area contributed by atoms with Gasteiger partial charge in [-0.2, -0.15) is 0 Å². The number of phenols is 1. The van der Waals surface area contributed by atoms with Crippen LogP contribution < -0.4 is 10.1 Å². The zero-order chi connectivity index (χ0) is 14.5. The first-order chi connectivity index (χ1) is 9.61. The predicted molar refractivity (Wildman–Crippen MR) is 85.8 cm³/mol. The predicted octanol–water partition coefficient (Wildman–Crippen LogP) is 4.82. The van der Waals surface area contributed by atoms with Crippen molar-refractivity contribution in [3.63, 3.8) is 0 Å². The third kappa shape index (κ3) is 3.58. The highest BCUT2D eigenvalue weighted by atomic mass is 79.9. The lowest BCUT2D eigenvalue weighted by atomic mass is 10.2. The van der Waals surface area contributed by atoms with Gasteiger partial charge in [0.05, 0.1) is 11.6 Å². The molecule has 3 nitrogen and oxygen atoms in total. The number of rotatable bonds is 5. The zero-order valence-corrected chi connectivity index (χ0v) is 13.3. The van der Waals surface area contributed by atoms with Crippen LogP contribution in [-0.4, -0.2) is 11.7 Å². The van der Waals surface area contributed by atoms with Crippen LogP contribution in [0.5, 0.6) is 11.5 Å². The van der Waals surface area contributed by atoms with Crippen LogP contribution in [0.25, 0.3) is 0 Å². The molecular formula is C15H15BrClNO2. The lowest BCUT2D eigenvalue weighted by Crippen LogP contribution is -2.01. The van der Waals surface area contributed by atoms with Gasteiger partial charge in [0, 0.05) is 22.3 Å². The van der Waals surface area contributed by atoms with E-state index in [0.29, 0.717) is 23.9 Å². The van der Waals surface area contributed by atoms with Crippen molar-refractivity contribution < 1.29 is 9.84 Å². The molecule has 0 heterocycles. The van der Waals surface area contributed by atoms with Gasteiger partial charge in [0.1, 0.15) is 0 Å². The fraction of sp³-hybridized carbons (Fsp3) is 0.200. The van der Waals surface area contributed by atoms with Crippen LogP contribution in [-0.2, 0) is 6.54 Å². The van der Waals surface area contributed by atoms with Crippen molar-refractivity contribution in [3.8, 4) is 11.5 Å². The number of para-hydroxylation sites is 1. The Morgan fingerprint density at radius 2 is 2.10 bits per heavy atom. The van der Waals surface area contributed by atoms with Gasteiger partial charge < -0.3 is 15.2 Å². The van der Waals surface area contributed by atoms with Gasteiger partial charge in [-0.15, -0.1) is 0 Å². The van der Waals surface area contributed by atoms with E-state index < -0.39 is 0 Å². The molecule has 0 amide bonds. The molecule has 0 radical (unpaired) electrons. The van der Waals surface area contributed by atoms with Crippen LogP contribution in [0, 0.1) is 0 Å². The van der Waals surface area contributed by atoms with Crippen molar-refractivity contribution in [2.45, 2.75) is 13.5 Å². The molecular weight excluding hydrogens is 342 g/mol. The number of halogens is 2. The lowest BCUT2D eigenvalue weighted by molar-refractivity contribution is 0.317. The Morgan fingerprint density at radius 1 is 1.30 bits per heavy atom. The average molecular weight is 357 g/mol. The van der Waals surface area contributed by atoms with Crippen molar-refractivity contribution in [1.82, 2.24) is 0 Å². The van der Waals surface area contributed by atoms with Gasteiger partial charge in [0.25, 0.3) is 0 Å². The molecule has 2 aromatic rings. The quantitative estimate of drug-likeness (QED) is 0.807. The zero-order valence-electron chi connectivity index (χ0n) is 11.0. The first-order valence-electron chi connectivity index (χ1n) is 6.24. The highest BCUT2D eigenvalue weighted by Gasteiger charge is 2.07. The summed E-state index contributed by atoms with van der Waals surface area (Å²) in [5.74, 6) is 0.672. The maximum Gasteiger partial charge on any atom is 0.162 e. The van der Waals surface area contributed by atoms with Crippen LogP contribution in [0.3, 0.4) is 0 Å².